The van der Waals surface area contributed by atoms with E-state index < -0.39 is 6.10 Å². The fourth-order valence-electron chi connectivity index (χ4n) is 2.06. The van der Waals surface area contributed by atoms with Crippen LogP contribution >= 0.6 is 0 Å². The largest absolute Gasteiger partial charge is 0.386 e. The molecule has 0 bridgehead atoms. The van der Waals surface area contributed by atoms with Gasteiger partial charge in [-0.3, -0.25) is 0 Å². The minimum absolute atomic E-state index is 0.294. The Morgan fingerprint density at radius 3 is 2.31 bits per heavy atom. The van der Waals surface area contributed by atoms with Gasteiger partial charge < -0.3 is 9.84 Å². The van der Waals surface area contributed by atoms with Crippen LogP contribution in [0.3, 0.4) is 0 Å². The average molecular weight is 184 g/mol. The van der Waals surface area contributed by atoms with Crippen LogP contribution in [0.2, 0.25) is 0 Å². The zero-order valence-electron chi connectivity index (χ0n) is 8.84. The van der Waals surface area contributed by atoms with Crippen LogP contribution in [-0.4, -0.2) is 23.9 Å². The molecule has 0 amide bonds. The molecule has 1 N–H and O–H groups in total. The summed E-state index contributed by atoms with van der Waals surface area (Å²) in [6.07, 6.45) is 5.76. The van der Waals surface area contributed by atoms with E-state index >= 15 is 0 Å². The summed E-state index contributed by atoms with van der Waals surface area (Å²) >= 11 is 0. The van der Waals surface area contributed by atoms with Crippen molar-refractivity contribution in [2.24, 2.45) is 0 Å². The Labute approximate surface area is 80.6 Å². The van der Waals surface area contributed by atoms with Crippen molar-refractivity contribution in [2.45, 2.75) is 51.2 Å². The average Bonchev–Trinajstić information content (AvgIpc) is 2.51. The first-order chi connectivity index (χ1) is 6.10. The molecule has 0 radical (unpaired) electrons. The number of methoxy groups -OCH3 is 1. The van der Waals surface area contributed by atoms with Gasteiger partial charge in [-0.05, 0) is 26.7 Å². The van der Waals surface area contributed by atoms with E-state index in [9.17, 15) is 5.11 Å². The van der Waals surface area contributed by atoms with Crippen LogP contribution in [0.15, 0.2) is 11.6 Å². The van der Waals surface area contributed by atoms with E-state index in [1.165, 1.54) is 12.8 Å². The molecule has 0 aromatic rings. The zero-order valence-corrected chi connectivity index (χ0v) is 8.84. The highest BCUT2D eigenvalue weighted by molar-refractivity contribution is 5.07. The third kappa shape index (κ3) is 2.32. The molecule has 1 aliphatic carbocycles. The number of rotatable bonds is 3. The molecule has 1 rings (SSSR count). The van der Waals surface area contributed by atoms with Crippen molar-refractivity contribution >= 4 is 0 Å². The lowest BCUT2D eigenvalue weighted by molar-refractivity contribution is -0.0783. The van der Waals surface area contributed by atoms with Crippen LogP contribution in [0.4, 0.5) is 0 Å². The quantitative estimate of drug-likeness (QED) is 0.682. The highest BCUT2D eigenvalue weighted by atomic mass is 16.5. The summed E-state index contributed by atoms with van der Waals surface area (Å²) in [4.78, 5) is 0. The van der Waals surface area contributed by atoms with Gasteiger partial charge in [0, 0.05) is 7.11 Å². The van der Waals surface area contributed by atoms with Gasteiger partial charge in [0.1, 0.15) is 6.10 Å². The summed E-state index contributed by atoms with van der Waals surface area (Å²) in [6.45, 7) is 4.00. The summed E-state index contributed by atoms with van der Waals surface area (Å²) in [5.41, 5.74) is 0.855. The highest BCUT2D eigenvalue weighted by Crippen LogP contribution is 2.36. The predicted octanol–water partition coefficient (Wildman–Crippen LogP) is 2.27. The van der Waals surface area contributed by atoms with E-state index in [0.29, 0.717) is 0 Å². The SMILES string of the molecule is COC1(C(O)C=C(C)C)CCCC1. The molecule has 1 unspecified atom stereocenters. The molecule has 1 saturated carbocycles. The van der Waals surface area contributed by atoms with Gasteiger partial charge in [0.05, 0.1) is 5.60 Å². The van der Waals surface area contributed by atoms with Crippen LogP contribution in [0.5, 0.6) is 0 Å². The Hall–Kier alpha value is -0.340. The van der Waals surface area contributed by atoms with E-state index in [-0.39, 0.29) is 5.60 Å². The molecule has 0 heterocycles. The third-order valence-electron chi connectivity index (χ3n) is 2.89. The molecule has 0 aromatic carbocycles. The van der Waals surface area contributed by atoms with Gasteiger partial charge in [-0.25, -0.2) is 0 Å². The molecule has 0 aliphatic heterocycles. The van der Waals surface area contributed by atoms with Crippen molar-refractivity contribution in [1.82, 2.24) is 0 Å². The fraction of sp³-hybridized carbons (Fsp3) is 0.818. The maximum Gasteiger partial charge on any atom is 0.101 e. The number of allylic oxidation sites excluding steroid dienone is 1. The zero-order chi connectivity index (χ0) is 9.90. The predicted molar refractivity (Wildman–Crippen MR) is 53.6 cm³/mol. The standard InChI is InChI=1S/C11H20O2/c1-9(2)8-10(12)11(13-3)6-4-5-7-11/h8,10,12H,4-7H2,1-3H3. The number of hydrogen-bond acceptors (Lipinski definition) is 2. The summed E-state index contributed by atoms with van der Waals surface area (Å²) in [6, 6.07) is 0. The summed E-state index contributed by atoms with van der Waals surface area (Å²) in [5.74, 6) is 0. The second-order valence-corrected chi connectivity index (χ2v) is 4.16. The molecule has 0 aromatic heterocycles. The van der Waals surface area contributed by atoms with Crippen LogP contribution < -0.4 is 0 Å². The Morgan fingerprint density at radius 2 is 1.92 bits per heavy atom. The van der Waals surface area contributed by atoms with Gasteiger partial charge in [0.2, 0.25) is 0 Å². The maximum atomic E-state index is 9.97. The molecule has 1 aliphatic rings. The second kappa shape index (κ2) is 4.25. The van der Waals surface area contributed by atoms with E-state index in [1.807, 2.05) is 19.9 Å². The van der Waals surface area contributed by atoms with Crippen LogP contribution in [-0.2, 0) is 4.74 Å². The Bertz CT molecular complexity index is 186. The number of ether oxygens (including phenoxy) is 1. The van der Waals surface area contributed by atoms with Crippen molar-refractivity contribution in [1.29, 1.82) is 0 Å². The van der Waals surface area contributed by atoms with Crippen molar-refractivity contribution < 1.29 is 9.84 Å². The van der Waals surface area contributed by atoms with Crippen LogP contribution in [0.25, 0.3) is 0 Å². The highest BCUT2D eigenvalue weighted by Gasteiger charge is 2.39. The van der Waals surface area contributed by atoms with Crippen molar-refractivity contribution in [3.05, 3.63) is 11.6 Å². The second-order valence-electron chi connectivity index (χ2n) is 4.16. The fourth-order valence-corrected chi connectivity index (χ4v) is 2.06. The number of hydrogen-bond donors (Lipinski definition) is 1. The van der Waals surface area contributed by atoms with Crippen molar-refractivity contribution in [3.63, 3.8) is 0 Å². The maximum absolute atomic E-state index is 9.97. The Balaban J connectivity index is 2.70. The topological polar surface area (TPSA) is 29.5 Å². The molecule has 2 nitrogen and oxygen atoms in total. The van der Waals surface area contributed by atoms with Gasteiger partial charge in [-0.15, -0.1) is 0 Å². The minimum Gasteiger partial charge on any atom is -0.386 e. The monoisotopic (exact) mass is 184 g/mol. The van der Waals surface area contributed by atoms with Crippen molar-refractivity contribution in [3.8, 4) is 0 Å². The molecule has 13 heavy (non-hydrogen) atoms. The van der Waals surface area contributed by atoms with E-state index in [1.54, 1.807) is 7.11 Å². The lowest BCUT2D eigenvalue weighted by Crippen LogP contribution is -2.40. The normalized spacial score (nSPS) is 22.8. The molecule has 1 atom stereocenters. The molecule has 76 valence electrons. The minimum atomic E-state index is -0.440. The molecule has 1 fully saturated rings. The summed E-state index contributed by atoms with van der Waals surface area (Å²) < 4.78 is 5.47. The molecular weight excluding hydrogens is 164 g/mol. The Kier molecular flexibility index (Phi) is 3.51. The van der Waals surface area contributed by atoms with Gasteiger partial charge >= 0.3 is 0 Å². The van der Waals surface area contributed by atoms with E-state index in [0.717, 1.165) is 18.4 Å². The lowest BCUT2D eigenvalue weighted by Gasteiger charge is -2.31. The van der Waals surface area contributed by atoms with E-state index in [2.05, 4.69) is 0 Å². The van der Waals surface area contributed by atoms with Crippen LogP contribution in [0.1, 0.15) is 39.5 Å². The van der Waals surface area contributed by atoms with Crippen molar-refractivity contribution in [2.75, 3.05) is 7.11 Å². The first-order valence-corrected chi connectivity index (χ1v) is 4.99. The first kappa shape index (κ1) is 10.7. The summed E-state index contributed by atoms with van der Waals surface area (Å²) in [5, 5.41) is 9.97. The van der Waals surface area contributed by atoms with Gasteiger partial charge in [0.25, 0.3) is 0 Å². The third-order valence-corrected chi connectivity index (χ3v) is 2.89. The lowest BCUT2D eigenvalue weighted by atomic mass is 9.93. The smallest absolute Gasteiger partial charge is 0.101 e. The molecule has 2 heteroatoms. The molecular formula is C11H20O2. The summed E-state index contributed by atoms with van der Waals surface area (Å²) in [7, 11) is 1.70. The van der Waals surface area contributed by atoms with E-state index in [4.69, 9.17) is 4.74 Å². The van der Waals surface area contributed by atoms with Gasteiger partial charge in [-0.2, -0.15) is 0 Å². The first-order valence-electron chi connectivity index (χ1n) is 4.99. The number of aliphatic hydroxyl groups is 1. The molecule has 0 spiro atoms. The molecule has 0 saturated heterocycles. The number of aliphatic hydroxyl groups excluding tert-OH is 1. The Morgan fingerprint density at radius 1 is 1.38 bits per heavy atom. The van der Waals surface area contributed by atoms with Gasteiger partial charge in [0.15, 0.2) is 0 Å². The van der Waals surface area contributed by atoms with Crippen LogP contribution in [0, 0.1) is 0 Å². The van der Waals surface area contributed by atoms with Gasteiger partial charge in [-0.1, -0.05) is 24.5 Å².